The Hall–Kier alpha value is -3.72. The number of carbonyl (C=O) groups excluding carboxylic acids is 1. The largest absolute Gasteiger partial charge is 0.497 e. The molecule has 0 fully saturated rings. The van der Waals surface area contributed by atoms with Gasteiger partial charge in [-0.05, 0) is 42.8 Å². The molecule has 1 aliphatic rings. The molecule has 2 aromatic heterocycles. The van der Waals surface area contributed by atoms with E-state index in [4.69, 9.17) is 14.2 Å². The van der Waals surface area contributed by atoms with Crippen LogP contribution in [0, 0.1) is 0 Å². The summed E-state index contributed by atoms with van der Waals surface area (Å²) in [6.07, 6.45) is 5.10. The topological polar surface area (TPSA) is 92.0 Å². The molecule has 4 rings (SSSR count). The van der Waals surface area contributed by atoms with Gasteiger partial charge in [-0.3, -0.25) is 14.3 Å². The number of carbonyl (C=O) groups is 1. The second kappa shape index (κ2) is 8.80. The van der Waals surface area contributed by atoms with Crippen LogP contribution in [-0.4, -0.2) is 36.8 Å². The van der Waals surface area contributed by atoms with E-state index in [-0.39, 0.29) is 11.1 Å². The van der Waals surface area contributed by atoms with E-state index < -0.39 is 12.0 Å². The second-order valence-corrected chi connectivity index (χ2v) is 7.97. The standard InChI is InChI=1S/C23H21N3O5S/c1-13-19(22(28)31-4)20(16-6-5-15(29-2)12-17(16)30-3)26-21(27)18(32-23(26)25-13)11-14-7-9-24-10-8-14/h5-12,20H,1-4H3/t20-/m1/s1. The van der Waals surface area contributed by atoms with Gasteiger partial charge in [-0.25, -0.2) is 9.79 Å². The molecular weight excluding hydrogens is 430 g/mol. The Balaban J connectivity index is 2.01. The predicted molar refractivity (Wildman–Crippen MR) is 120 cm³/mol. The Labute approximate surface area is 187 Å². The van der Waals surface area contributed by atoms with Crippen LogP contribution in [0.1, 0.15) is 24.1 Å². The van der Waals surface area contributed by atoms with Gasteiger partial charge in [0.25, 0.3) is 5.56 Å². The molecule has 0 bridgehead atoms. The SMILES string of the molecule is COC(=O)C1=C(C)N=c2sc(=Cc3ccncc3)c(=O)n2[C@@H]1c1ccc(OC)cc1OC. The minimum atomic E-state index is -0.765. The maximum atomic E-state index is 13.5. The molecule has 8 nitrogen and oxygen atoms in total. The van der Waals surface area contributed by atoms with E-state index in [0.29, 0.717) is 32.1 Å². The number of fused-ring (bicyclic) bond motifs is 1. The number of allylic oxidation sites excluding steroid dienone is 1. The molecule has 0 saturated heterocycles. The molecule has 164 valence electrons. The number of nitrogens with zero attached hydrogens (tertiary/aromatic N) is 3. The summed E-state index contributed by atoms with van der Waals surface area (Å²) in [6, 6.07) is 8.12. The van der Waals surface area contributed by atoms with E-state index in [2.05, 4.69) is 9.98 Å². The fourth-order valence-corrected chi connectivity index (χ4v) is 4.69. The van der Waals surface area contributed by atoms with Crippen molar-refractivity contribution in [2.45, 2.75) is 13.0 Å². The van der Waals surface area contributed by atoms with E-state index >= 15 is 0 Å². The van der Waals surface area contributed by atoms with Crippen LogP contribution in [0.4, 0.5) is 0 Å². The van der Waals surface area contributed by atoms with Crippen molar-refractivity contribution in [1.82, 2.24) is 9.55 Å². The van der Waals surface area contributed by atoms with Gasteiger partial charge >= 0.3 is 5.97 Å². The first-order chi connectivity index (χ1) is 15.5. The Kier molecular flexibility index (Phi) is 5.91. The Morgan fingerprint density at radius 1 is 1.12 bits per heavy atom. The summed E-state index contributed by atoms with van der Waals surface area (Å²) in [6.45, 7) is 1.73. The van der Waals surface area contributed by atoms with E-state index in [1.807, 2.05) is 12.1 Å². The lowest BCUT2D eigenvalue weighted by atomic mass is 9.95. The van der Waals surface area contributed by atoms with Gasteiger partial charge in [-0.2, -0.15) is 0 Å². The van der Waals surface area contributed by atoms with Gasteiger partial charge in [-0.15, -0.1) is 0 Å². The third-order valence-electron chi connectivity index (χ3n) is 5.17. The number of thiazole rings is 1. The normalized spacial score (nSPS) is 15.8. The van der Waals surface area contributed by atoms with Crippen LogP contribution in [0.15, 0.2) is 63.8 Å². The molecule has 0 amide bonds. The van der Waals surface area contributed by atoms with Crippen LogP contribution in [0.25, 0.3) is 6.08 Å². The van der Waals surface area contributed by atoms with Crippen LogP contribution >= 0.6 is 11.3 Å². The lowest BCUT2D eigenvalue weighted by Gasteiger charge is -2.25. The number of methoxy groups -OCH3 is 3. The highest BCUT2D eigenvalue weighted by Crippen LogP contribution is 2.37. The second-order valence-electron chi connectivity index (χ2n) is 6.96. The first kappa shape index (κ1) is 21.5. The lowest BCUT2D eigenvalue weighted by Crippen LogP contribution is -2.40. The van der Waals surface area contributed by atoms with Gasteiger partial charge in [0.05, 0.1) is 37.1 Å². The van der Waals surface area contributed by atoms with Gasteiger partial charge in [0.15, 0.2) is 4.80 Å². The number of ether oxygens (including phenoxy) is 3. The van der Waals surface area contributed by atoms with Crippen molar-refractivity contribution < 1.29 is 19.0 Å². The van der Waals surface area contributed by atoms with E-state index in [0.717, 1.165) is 5.56 Å². The van der Waals surface area contributed by atoms with Crippen molar-refractivity contribution >= 4 is 23.4 Å². The van der Waals surface area contributed by atoms with Crippen LogP contribution in [0.5, 0.6) is 11.5 Å². The van der Waals surface area contributed by atoms with Gasteiger partial charge in [0.1, 0.15) is 17.5 Å². The molecule has 32 heavy (non-hydrogen) atoms. The van der Waals surface area contributed by atoms with Crippen molar-refractivity contribution in [2.24, 2.45) is 4.99 Å². The third kappa shape index (κ3) is 3.71. The van der Waals surface area contributed by atoms with E-state index in [9.17, 15) is 9.59 Å². The molecule has 0 N–H and O–H groups in total. The molecule has 9 heteroatoms. The number of benzene rings is 1. The first-order valence-corrected chi connectivity index (χ1v) is 10.5. The molecule has 0 aliphatic carbocycles. The van der Waals surface area contributed by atoms with E-state index in [1.165, 1.54) is 30.1 Å². The molecule has 1 aromatic carbocycles. The number of rotatable bonds is 5. The van der Waals surface area contributed by atoms with Crippen molar-refractivity contribution in [3.63, 3.8) is 0 Å². The molecule has 0 saturated carbocycles. The van der Waals surface area contributed by atoms with Crippen LogP contribution in [0.3, 0.4) is 0 Å². The summed E-state index contributed by atoms with van der Waals surface area (Å²) in [4.78, 5) is 35.3. The third-order valence-corrected chi connectivity index (χ3v) is 6.15. The monoisotopic (exact) mass is 451 g/mol. The maximum Gasteiger partial charge on any atom is 0.338 e. The first-order valence-electron chi connectivity index (χ1n) is 9.71. The number of hydrogen-bond donors (Lipinski definition) is 0. The van der Waals surface area contributed by atoms with Gasteiger partial charge in [-0.1, -0.05) is 11.3 Å². The fraction of sp³-hybridized carbons (Fsp3) is 0.217. The zero-order valence-electron chi connectivity index (χ0n) is 18.0. The summed E-state index contributed by atoms with van der Waals surface area (Å²) < 4.78 is 17.9. The summed E-state index contributed by atoms with van der Waals surface area (Å²) in [5, 5.41) is 0. The molecule has 1 atom stereocenters. The zero-order valence-corrected chi connectivity index (χ0v) is 18.8. The molecule has 0 unspecified atom stereocenters. The molecular formula is C23H21N3O5S. The summed E-state index contributed by atoms with van der Waals surface area (Å²) >= 11 is 1.26. The molecule has 0 radical (unpaired) electrons. The summed E-state index contributed by atoms with van der Waals surface area (Å²) in [5.74, 6) is 0.516. The van der Waals surface area contributed by atoms with E-state index in [1.54, 1.807) is 50.7 Å². The van der Waals surface area contributed by atoms with Gasteiger partial charge in [0.2, 0.25) is 0 Å². The van der Waals surface area contributed by atoms with Crippen molar-refractivity contribution in [2.75, 3.05) is 21.3 Å². The van der Waals surface area contributed by atoms with Crippen LogP contribution in [0.2, 0.25) is 0 Å². The highest BCUT2D eigenvalue weighted by molar-refractivity contribution is 7.07. The number of hydrogen-bond acceptors (Lipinski definition) is 8. The Morgan fingerprint density at radius 2 is 1.88 bits per heavy atom. The van der Waals surface area contributed by atoms with Crippen LogP contribution in [-0.2, 0) is 9.53 Å². The summed E-state index contributed by atoms with van der Waals surface area (Å²) in [7, 11) is 4.39. The minimum absolute atomic E-state index is 0.262. The lowest BCUT2D eigenvalue weighted by molar-refractivity contribution is -0.136. The molecule has 3 aromatic rings. The number of pyridine rings is 1. The van der Waals surface area contributed by atoms with Crippen molar-refractivity contribution in [3.05, 3.63) is 84.8 Å². The predicted octanol–water partition coefficient (Wildman–Crippen LogP) is 1.82. The average Bonchev–Trinajstić information content (AvgIpc) is 3.12. The average molecular weight is 452 g/mol. The molecule has 0 spiro atoms. The smallest absolute Gasteiger partial charge is 0.338 e. The summed E-state index contributed by atoms with van der Waals surface area (Å²) in [5.41, 5.74) is 1.96. The number of aromatic nitrogens is 2. The quantitative estimate of drug-likeness (QED) is 0.550. The highest BCUT2D eigenvalue weighted by Gasteiger charge is 2.35. The Morgan fingerprint density at radius 3 is 2.53 bits per heavy atom. The van der Waals surface area contributed by atoms with Crippen LogP contribution < -0.4 is 24.4 Å². The highest BCUT2D eigenvalue weighted by atomic mass is 32.1. The van der Waals surface area contributed by atoms with Crippen molar-refractivity contribution in [3.8, 4) is 11.5 Å². The fourth-order valence-electron chi connectivity index (χ4n) is 3.64. The Bertz CT molecular complexity index is 1390. The zero-order chi connectivity index (χ0) is 22.8. The van der Waals surface area contributed by atoms with Gasteiger partial charge < -0.3 is 14.2 Å². The molecule has 1 aliphatic heterocycles. The maximum absolute atomic E-state index is 13.5. The minimum Gasteiger partial charge on any atom is -0.497 e. The van der Waals surface area contributed by atoms with Crippen molar-refractivity contribution in [1.29, 1.82) is 0 Å². The molecule has 3 heterocycles. The number of esters is 1. The van der Waals surface area contributed by atoms with Gasteiger partial charge in [0, 0.05) is 24.0 Å².